The smallest absolute Gasteiger partial charge is 0.319 e. The van der Waals surface area contributed by atoms with E-state index < -0.39 is 0 Å². The zero-order chi connectivity index (χ0) is 20.1. The molecule has 0 atom stereocenters. The van der Waals surface area contributed by atoms with Crippen molar-refractivity contribution in [2.24, 2.45) is 0 Å². The summed E-state index contributed by atoms with van der Waals surface area (Å²) >= 11 is 0. The fourth-order valence-electron chi connectivity index (χ4n) is 4.25. The maximum absolute atomic E-state index is 13.0. The molecule has 1 aliphatic carbocycles. The van der Waals surface area contributed by atoms with Crippen molar-refractivity contribution in [1.29, 1.82) is 0 Å². The van der Waals surface area contributed by atoms with E-state index >= 15 is 0 Å². The van der Waals surface area contributed by atoms with E-state index in [1.165, 1.54) is 0 Å². The largest absolute Gasteiger partial charge is 0.486 e. The van der Waals surface area contributed by atoms with Gasteiger partial charge in [-0.05, 0) is 48.6 Å². The van der Waals surface area contributed by atoms with Crippen molar-refractivity contribution in [1.82, 2.24) is 5.32 Å². The number of nitrogens with one attached hydrogen (secondary N) is 2. The van der Waals surface area contributed by atoms with E-state index in [4.69, 9.17) is 14.2 Å². The number of carbonyl (C=O) groups excluding carboxylic acids is 1. The lowest BCUT2D eigenvalue weighted by molar-refractivity contribution is 0.171. The quantitative estimate of drug-likeness (QED) is 0.766. The predicted octanol–water partition coefficient (Wildman–Crippen LogP) is 4.24. The molecule has 2 amide bonds. The molecule has 1 heterocycles. The van der Waals surface area contributed by atoms with Gasteiger partial charge in [0.05, 0.1) is 12.1 Å². The Balaban J connectivity index is 1.52. The van der Waals surface area contributed by atoms with Crippen LogP contribution >= 0.6 is 0 Å². The maximum Gasteiger partial charge on any atom is 0.319 e. The highest BCUT2D eigenvalue weighted by molar-refractivity contribution is 5.90. The number of ether oxygens (including phenoxy) is 3. The first-order valence-corrected chi connectivity index (χ1v) is 10.3. The first kappa shape index (κ1) is 19.6. The molecule has 0 unspecified atom stereocenters. The highest BCUT2D eigenvalue weighted by Gasteiger charge is 2.38. The minimum absolute atomic E-state index is 0.188. The van der Waals surface area contributed by atoms with Crippen LogP contribution in [0.5, 0.6) is 11.5 Å². The second-order valence-corrected chi connectivity index (χ2v) is 7.63. The Labute approximate surface area is 171 Å². The highest BCUT2D eigenvalue weighted by atomic mass is 16.6. The van der Waals surface area contributed by atoms with Crippen LogP contribution < -0.4 is 20.1 Å². The summed E-state index contributed by atoms with van der Waals surface area (Å²) in [6.07, 6.45) is 4.73. The van der Waals surface area contributed by atoms with Gasteiger partial charge in [0, 0.05) is 12.8 Å². The van der Waals surface area contributed by atoms with Gasteiger partial charge in [0.15, 0.2) is 11.5 Å². The molecule has 1 aliphatic heterocycles. The first-order valence-electron chi connectivity index (χ1n) is 10.3. The molecule has 29 heavy (non-hydrogen) atoms. The van der Waals surface area contributed by atoms with Gasteiger partial charge in [-0.1, -0.05) is 37.1 Å². The van der Waals surface area contributed by atoms with E-state index in [-0.39, 0.29) is 11.6 Å². The van der Waals surface area contributed by atoms with E-state index in [0.717, 1.165) is 60.4 Å². The van der Waals surface area contributed by atoms with Crippen molar-refractivity contribution >= 4 is 11.7 Å². The normalized spacial score (nSPS) is 17.0. The Bertz CT molecular complexity index is 862. The second-order valence-electron chi connectivity index (χ2n) is 7.63. The summed E-state index contributed by atoms with van der Waals surface area (Å²) in [4.78, 5) is 13.0. The van der Waals surface area contributed by atoms with Gasteiger partial charge >= 0.3 is 6.03 Å². The fourth-order valence-corrected chi connectivity index (χ4v) is 4.25. The van der Waals surface area contributed by atoms with Gasteiger partial charge in [-0.3, -0.25) is 0 Å². The molecule has 0 spiro atoms. The fraction of sp³-hybridized carbons (Fsp3) is 0.435. The van der Waals surface area contributed by atoms with Gasteiger partial charge in [0.1, 0.15) is 13.2 Å². The maximum atomic E-state index is 13.0. The lowest BCUT2D eigenvalue weighted by Gasteiger charge is -2.32. The topological polar surface area (TPSA) is 68.8 Å². The number of benzene rings is 2. The molecule has 2 aromatic rings. The van der Waals surface area contributed by atoms with Crippen molar-refractivity contribution in [3.8, 4) is 11.5 Å². The molecule has 0 aromatic heterocycles. The third kappa shape index (κ3) is 4.32. The summed E-state index contributed by atoms with van der Waals surface area (Å²) in [7, 11) is 1.68. The Morgan fingerprint density at radius 1 is 1.07 bits per heavy atom. The summed E-state index contributed by atoms with van der Waals surface area (Å²) in [5, 5.41) is 6.31. The Kier molecular flexibility index (Phi) is 5.90. The average Bonchev–Trinajstić information content (AvgIpc) is 3.22. The van der Waals surface area contributed by atoms with Gasteiger partial charge in [-0.2, -0.15) is 0 Å². The minimum Gasteiger partial charge on any atom is -0.486 e. The van der Waals surface area contributed by atoms with Gasteiger partial charge in [0.25, 0.3) is 0 Å². The molecular weight excluding hydrogens is 368 g/mol. The third-order valence-corrected chi connectivity index (χ3v) is 5.75. The van der Waals surface area contributed by atoms with Gasteiger partial charge in [0.2, 0.25) is 0 Å². The van der Waals surface area contributed by atoms with Crippen LogP contribution in [0.2, 0.25) is 0 Å². The number of anilines is 1. The van der Waals surface area contributed by atoms with Gasteiger partial charge in [-0.25, -0.2) is 4.79 Å². The minimum atomic E-state index is -0.388. The number of rotatable bonds is 6. The van der Waals surface area contributed by atoms with Gasteiger partial charge < -0.3 is 24.8 Å². The lowest BCUT2D eigenvalue weighted by atomic mass is 9.88. The number of carbonyl (C=O) groups is 1. The molecular formula is C23H28N2O4. The number of para-hydroxylation sites is 1. The Morgan fingerprint density at radius 3 is 2.62 bits per heavy atom. The standard InChI is InChI=1S/C23H28N2O4/c1-27-13-10-17-6-2-3-7-19(17)24-22(26)25-23(11-4-5-12-23)18-8-9-20-21(16-18)29-15-14-28-20/h2-3,6-9,16H,4-5,10-15H2,1H3,(H2,24,25,26). The van der Waals surface area contributed by atoms with Crippen LogP contribution in [0.3, 0.4) is 0 Å². The molecule has 0 radical (unpaired) electrons. The summed E-state index contributed by atoms with van der Waals surface area (Å²) in [6, 6.07) is 13.7. The van der Waals surface area contributed by atoms with E-state index in [1.54, 1.807) is 7.11 Å². The van der Waals surface area contributed by atoms with E-state index in [2.05, 4.69) is 10.6 Å². The summed E-state index contributed by atoms with van der Waals surface area (Å²) in [5.41, 5.74) is 2.56. The zero-order valence-electron chi connectivity index (χ0n) is 16.8. The van der Waals surface area contributed by atoms with Crippen LogP contribution in [0, 0.1) is 0 Å². The molecule has 2 aliphatic rings. The number of amides is 2. The van der Waals surface area contributed by atoms with Crippen LogP contribution in [0.4, 0.5) is 10.5 Å². The molecule has 4 rings (SSSR count). The first-order chi connectivity index (χ1) is 14.2. The van der Waals surface area contributed by atoms with Crippen LogP contribution in [-0.4, -0.2) is 33.0 Å². The lowest BCUT2D eigenvalue weighted by Crippen LogP contribution is -2.46. The Hall–Kier alpha value is -2.73. The average molecular weight is 396 g/mol. The summed E-state index contributed by atoms with van der Waals surface area (Å²) < 4.78 is 16.6. The van der Waals surface area contributed by atoms with Crippen molar-refractivity contribution in [2.75, 3.05) is 32.2 Å². The van der Waals surface area contributed by atoms with Crippen LogP contribution in [0.15, 0.2) is 42.5 Å². The van der Waals surface area contributed by atoms with Crippen molar-refractivity contribution < 1.29 is 19.0 Å². The third-order valence-electron chi connectivity index (χ3n) is 5.75. The summed E-state index contributed by atoms with van der Waals surface area (Å²) in [6.45, 7) is 1.73. The Morgan fingerprint density at radius 2 is 1.83 bits per heavy atom. The highest BCUT2D eigenvalue weighted by Crippen LogP contribution is 2.42. The second kappa shape index (κ2) is 8.74. The monoisotopic (exact) mass is 396 g/mol. The van der Waals surface area contributed by atoms with Crippen molar-refractivity contribution in [3.63, 3.8) is 0 Å². The van der Waals surface area contributed by atoms with Crippen molar-refractivity contribution in [2.45, 2.75) is 37.6 Å². The van der Waals surface area contributed by atoms with Crippen LogP contribution in [-0.2, 0) is 16.7 Å². The molecule has 6 heteroatoms. The zero-order valence-corrected chi connectivity index (χ0v) is 16.8. The molecule has 6 nitrogen and oxygen atoms in total. The molecule has 2 N–H and O–H groups in total. The predicted molar refractivity (Wildman–Crippen MR) is 112 cm³/mol. The molecule has 0 bridgehead atoms. The number of urea groups is 1. The van der Waals surface area contributed by atoms with E-state index in [9.17, 15) is 4.79 Å². The SMILES string of the molecule is COCCc1ccccc1NC(=O)NC1(c2ccc3c(c2)OCCO3)CCCC1. The molecule has 154 valence electrons. The van der Waals surface area contributed by atoms with E-state index in [1.807, 2.05) is 42.5 Å². The number of hydrogen-bond donors (Lipinski definition) is 2. The summed E-state index contributed by atoms with van der Waals surface area (Å²) in [5.74, 6) is 1.52. The molecule has 2 aromatic carbocycles. The molecule has 1 saturated carbocycles. The van der Waals surface area contributed by atoms with Crippen LogP contribution in [0.25, 0.3) is 0 Å². The number of fused-ring (bicyclic) bond motifs is 1. The van der Waals surface area contributed by atoms with E-state index in [0.29, 0.717) is 19.8 Å². The van der Waals surface area contributed by atoms with Crippen molar-refractivity contribution in [3.05, 3.63) is 53.6 Å². The van der Waals surface area contributed by atoms with Crippen LogP contribution in [0.1, 0.15) is 36.8 Å². The number of hydrogen-bond acceptors (Lipinski definition) is 4. The van der Waals surface area contributed by atoms with Gasteiger partial charge in [-0.15, -0.1) is 0 Å². The molecule has 1 fully saturated rings. The molecule has 0 saturated heterocycles. The number of methoxy groups -OCH3 is 1.